The Hall–Kier alpha value is -3.60. The van der Waals surface area contributed by atoms with Crippen molar-refractivity contribution in [2.75, 3.05) is 0 Å². The summed E-state index contributed by atoms with van der Waals surface area (Å²) in [6, 6.07) is 17.2. The van der Waals surface area contributed by atoms with Gasteiger partial charge in [0.05, 0.1) is 17.1 Å². The molecule has 1 aliphatic heterocycles. The summed E-state index contributed by atoms with van der Waals surface area (Å²) in [5, 5.41) is 22.6. The molecule has 2 aromatic rings. The third kappa shape index (κ3) is 3.99. The average molecular weight is 389 g/mol. The summed E-state index contributed by atoms with van der Waals surface area (Å²) in [6.07, 6.45) is 1.97. The number of carbonyl (C=O) groups is 2. The lowest BCUT2D eigenvalue weighted by molar-refractivity contribution is -0.133. The molecule has 0 amide bonds. The quantitative estimate of drug-likeness (QED) is 0.648. The van der Waals surface area contributed by atoms with Crippen LogP contribution in [0.1, 0.15) is 43.4 Å². The van der Waals surface area contributed by atoms with E-state index in [0.29, 0.717) is 17.0 Å². The zero-order chi connectivity index (χ0) is 21.1. The molecule has 5 nitrogen and oxygen atoms in total. The first-order valence-corrected chi connectivity index (χ1v) is 9.29. The smallest absolute Gasteiger partial charge is 0.334 e. The number of aliphatic carboxylic acids is 2. The Bertz CT molecular complexity index is 1030. The van der Waals surface area contributed by atoms with Gasteiger partial charge in [-0.1, -0.05) is 60.7 Å². The number of carboxylic acid groups (broad SMARTS) is 2. The SMILES string of the molecule is CC(=Cc1ccccc1C1C(C(=O)O)=C(C)NC(C)=C1C(=O)O)c1ccccc1. The van der Waals surface area contributed by atoms with E-state index in [1.165, 1.54) is 0 Å². The molecule has 3 N–H and O–H groups in total. The molecule has 0 atom stereocenters. The molecule has 148 valence electrons. The largest absolute Gasteiger partial charge is 0.478 e. The number of nitrogens with one attached hydrogen (secondary N) is 1. The molecule has 29 heavy (non-hydrogen) atoms. The van der Waals surface area contributed by atoms with Gasteiger partial charge in [0, 0.05) is 11.4 Å². The summed E-state index contributed by atoms with van der Waals surface area (Å²) in [4.78, 5) is 24.1. The molecular weight excluding hydrogens is 366 g/mol. The Morgan fingerprint density at radius 3 is 1.93 bits per heavy atom. The van der Waals surface area contributed by atoms with E-state index in [9.17, 15) is 19.8 Å². The zero-order valence-electron chi connectivity index (χ0n) is 16.6. The minimum absolute atomic E-state index is 0.0474. The molecule has 0 aliphatic carbocycles. The maximum atomic E-state index is 12.0. The highest BCUT2D eigenvalue weighted by atomic mass is 16.4. The molecule has 3 rings (SSSR count). The topological polar surface area (TPSA) is 86.6 Å². The Kier molecular flexibility index (Phi) is 5.69. The molecule has 5 heteroatoms. The average Bonchev–Trinajstić information content (AvgIpc) is 2.67. The number of carboxylic acids is 2. The summed E-state index contributed by atoms with van der Waals surface area (Å²) in [5.41, 5.74) is 4.48. The third-order valence-electron chi connectivity index (χ3n) is 5.13. The van der Waals surface area contributed by atoms with Crippen molar-refractivity contribution in [3.8, 4) is 0 Å². The van der Waals surface area contributed by atoms with Crippen LogP contribution in [0.3, 0.4) is 0 Å². The van der Waals surface area contributed by atoms with Crippen molar-refractivity contribution in [3.05, 3.63) is 93.8 Å². The van der Waals surface area contributed by atoms with Crippen molar-refractivity contribution in [1.29, 1.82) is 0 Å². The maximum Gasteiger partial charge on any atom is 0.334 e. The lowest BCUT2D eigenvalue weighted by atomic mass is 9.78. The van der Waals surface area contributed by atoms with Crippen LogP contribution in [0, 0.1) is 0 Å². The number of rotatable bonds is 5. The zero-order valence-corrected chi connectivity index (χ0v) is 16.6. The first-order chi connectivity index (χ1) is 13.8. The fraction of sp³-hybridized carbons (Fsp3) is 0.167. The molecule has 0 saturated carbocycles. The second kappa shape index (κ2) is 8.19. The summed E-state index contributed by atoms with van der Waals surface area (Å²) in [5.74, 6) is -3.14. The van der Waals surface area contributed by atoms with Gasteiger partial charge in [-0.3, -0.25) is 0 Å². The van der Waals surface area contributed by atoms with Gasteiger partial charge in [-0.05, 0) is 43.0 Å². The first-order valence-electron chi connectivity index (χ1n) is 9.29. The Balaban J connectivity index is 2.22. The number of dihydropyridines is 1. The van der Waals surface area contributed by atoms with E-state index in [1.807, 2.05) is 55.5 Å². The molecule has 0 aromatic heterocycles. The standard InChI is InChI=1S/C24H23NO4/c1-14(17-9-5-4-6-10-17)13-18-11-7-8-12-19(18)22-20(23(26)27)15(2)25-16(3)21(22)24(28)29/h4-13,22,25H,1-3H3,(H,26,27)(H,28,29). The van der Waals surface area contributed by atoms with Gasteiger partial charge >= 0.3 is 11.9 Å². The molecule has 0 unspecified atom stereocenters. The van der Waals surface area contributed by atoms with E-state index in [2.05, 4.69) is 5.32 Å². The molecule has 0 saturated heterocycles. The summed E-state index contributed by atoms with van der Waals surface area (Å²) >= 11 is 0. The van der Waals surface area contributed by atoms with Crippen LogP contribution in [0.4, 0.5) is 0 Å². The van der Waals surface area contributed by atoms with Crippen LogP contribution in [0.15, 0.2) is 77.1 Å². The van der Waals surface area contributed by atoms with E-state index in [0.717, 1.165) is 16.7 Å². The van der Waals surface area contributed by atoms with Gasteiger partial charge in [0.1, 0.15) is 0 Å². The third-order valence-corrected chi connectivity index (χ3v) is 5.13. The molecule has 0 spiro atoms. The predicted molar refractivity (Wildman–Crippen MR) is 113 cm³/mol. The molecule has 1 aliphatic rings. The molecule has 0 bridgehead atoms. The van der Waals surface area contributed by atoms with Crippen molar-refractivity contribution >= 4 is 23.6 Å². The van der Waals surface area contributed by atoms with Crippen LogP contribution >= 0.6 is 0 Å². The van der Waals surface area contributed by atoms with Crippen LogP contribution in [0.25, 0.3) is 11.6 Å². The van der Waals surface area contributed by atoms with Gasteiger partial charge in [0.2, 0.25) is 0 Å². The van der Waals surface area contributed by atoms with Crippen LogP contribution in [-0.4, -0.2) is 22.2 Å². The molecular formula is C24H23NO4. The predicted octanol–water partition coefficient (Wildman–Crippen LogP) is 4.65. The van der Waals surface area contributed by atoms with Crippen molar-refractivity contribution in [1.82, 2.24) is 5.32 Å². The van der Waals surface area contributed by atoms with Gasteiger partial charge < -0.3 is 15.5 Å². The maximum absolute atomic E-state index is 12.0. The highest BCUT2D eigenvalue weighted by molar-refractivity contribution is 5.99. The van der Waals surface area contributed by atoms with Crippen molar-refractivity contribution < 1.29 is 19.8 Å². The second-order valence-corrected chi connectivity index (χ2v) is 7.07. The lowest BCUT2D eigenvalue weighted by Crippen LogP contribution is -2.31. The van der Waals surface area contributed by atoms with E-state index < -0.39 is 17.9 Å². The summed E-state index contributed by atoms with van der Waals surface area (Å²) in [7, 11) is 0. The summed E-state index contributed by atoms with van der Waals surface area (Å²) in [6.45, 7) is 5.30. The van der Waals surface area contributed by atoms with E-state index in [1.54, 1.807) is 26.0 Å². The minimum atomic E-state index is -1.13. The van der Waals surface area contributed by atoms with Crippen molar-refractivity contribution in [3.63, 3.8) is 0 Å². The van der Waals surface area contributed by atoms with Crippen LogP contribution in [-0.2, 0) is 9.59 Å². The van der Waals surface area contributed by atoms with Crippen LogP contribution < -0.4 is 5.32 Å². The normalized spacial score (nSPS) is 15.3. The highest BCUT2D eigenvalue weighted by Gasteiger charge is 2.37. The lowest BCUT2D eigenvalue weighted by Gasteiger charge is -2.29. The van der Waals surface area contributed by atoms with Gasteiger partial charge in [-0.15, -0.1) is 0 Å². The second-order valence-electron chi connectivity index (χ2n) is 7.07. The van der Waals surface area contributed by atoms with Gasteiger partial charge in [-0.2, -0.15) is 0 Å². The first kappa shape index (κ1) is 20.1. The number of benzene rings is 2. The summed E-state index contributed by atoms with van der Waals surface area (Å²) < 4.78 is 0. The Morgan fingerprint density at radius 1 is 0.862 bits per heavy atom. The van der Waals surface area contributed by atoms with Crippen molar-refractivity contribution in [2.24, 2.45) is 0 Å². The van der Waals surface area contributed by atoms with E-state index in [-0.39, 0.29) is 11.1 Å². The van der Waals surface area contributed by atoms with Crippen LogP contribution in [0.2, 0.25) is 0 Å². The minimum Gasteiger partial charge on any atom is -0.478 e. The Morgan fingerprint density at radius 2 is 1.38 bits per heavy atom. The monoisotopic (exact) mass is 389 g/mol. The molecule has 2 aromatic carbocycles. The molecule has 0 fully saturated rings. The van der Waals surface area contributed by atoms with E-state index >= 15 is 0 Å². The number of hydrogen-bond acceptors (Lipinski definition) is 3. The Labute approximate surface area is 169 Å². The molecule has 1 heterocycles. The molecule has 0 radical (unpaired) electrons. The van der Waals surface area contributed by atoms with Gasteiger partial charge in [0.15, 0.2) is 0 Å². The number of hydrogen-bond donors (Lipinski definition) is 3. The number of allylic oxidation sites excluding steroid dienone is 3. The van der Waals surface area contributed by atoms with Gasteiger partial charge in [-0.25, -0.2) is 9.59 Å². The van der Waals surface area contributed by atoms with E-state index in [4.69, 9.17) is 0 Å². The fourth-order valence-corrected chi connectivity index (χ4v) is 3.79. The van der Waals surface area contributed by atoms with Crippen molar-refractivity contribution in [2.45, 2.75) is 26.7 Å². The van der Waals surface area contributed by atoms with Crippen LogP contribution in [0.5, 0.6) is 0 Å². The van der Waals surface area contributed by atoms with Gasteiger partial charge in [0.25, 0.3) is 0 Å². The highest BCUT2D eigenvalue weighted by Crippen LogP contribution is 2.40. The fourth-order valence-electron chi connectivity index (χ4n) is 3.79.